The van der Waals surface area contributed by atoms with Gasteiger partial charge in [0.2, 0.25) is 0 Å². The number of hydrogen-bond donors (Lipinski definition) is 0. The van der Waals surface area contributed by atoms with E-state index in [1.807, 2.05) is 55.5 Å². The summed E-state index contributed by atoms with van der Waals surface area (Å²) in [4.78, 5) is 17.0. The minimum absolute atomic E-state index is 0.0481. The molecule has 0 N–H and O–H groups in total. The highest BCUT2D eigenvalue weighted by Crippen LogP contribution is 2.07. The average Bonchev–Trinajstić information content (AvgIpc) is 2.60. The molecular formula is C20H20N2O. The van der Waals surface area contributed by atoms with E-state index >= 15 is 0 Å². The number of hydrogen-bond acceptors (Lipinski definition) is 2. The van der Waals surface area contributed by atoms with Gasteiger partial charge in [-0.1, -0.05) is 60.7 Å². The lowest BCUT2D eigenvalue weighted by molar-refractivity contribution is 0.710. The fraction of sp³-hybridized carbons (Fsp3) is 0.200. The molecule has 0 atom stereocenters. The second-order valence-corrected chi connectivity index (χ2v) is 5.72. The van der Waals surface area contributed by atoms with Crippen molar-refractivity contribution in [2.75, 3.05) is 0 Å². The van der Waals surface area contributed by atoms with Crippen LogP contribution in [0, 0.1) is 6.92 Å². The standard InChI is InChI=1S/C20H20N2O/c1-16-19(13-12-17-8-4-2-5-9-17)21-15-22(20(16)23)14-18-10-6-3-7-11-18/h2-11,15H,12-14H2,1H3. The van der Waals surface area contributed by atoms with Crippen LogP contribution in [-0.4, -0.2) is 9.55 Å². The SMILES string of the molecule is Cc1c(CCc2ccccc2)ncn(Cc2ccccc2)c1=O. The minimum atomic E-state index is 0.0481. The van der Waals surface area contributed by atoms with Gasteiger partial charge in [0.25, 0.3) is 5.56 Å². The Balaban J connectivity index is 1.76. The Kier molecular flexibility index (Phi) is 4.67. The van der Waals surface area contributed by atoms with Crippen molar-refractivity contribution in [2.45, 2.75) is 26.3 Å². The topological polar surface area (TPSA) is 34.9 Å². The van der Waals surface area contributed by atoms with Crippen molar-refractivity contribution in [2.24, 2.45) is 0 Å². The van der Waals surface area contributed by atoms with Crippen LogP contribution in [0.15, 0.2) is 71.8 Å². The Morgan fingerprint density at radius 1 is 0.870 bits per heavy atom. The van der Waals surface area contributed by atoms with E-state index in [9.17, 15) is 4.79 Å². The highest BCUT2D eigenvalue weighted by atomic mass is 16.1. The van der Waals surface area contributed by atoms with Crippen molar-refractivity contribution in [3.05, 3.63) is 99.7 Å². The van der Waals surface area contributed by atoms with Gasteiger partial charge in [0, 0.05) is 5.56 Å². The molecule has 0 unspecified atom stereocenters. The first kappa shape index (κ1) is 15.2. The Hall–Kier alpha value is -2.68. The fourth-order valence-electron chi connectivity index (χ4n) is 2.68. The smallest absolute Gasteiger partial charge is 0.256 e. The van der Waals surface area contributed by atoms with Crippen molar-refractivity contribution in [3.8, 4) is 0 Å². The van der Waals surface area contributed by atoms with Crippen molar-refractivity contribution in [1.29, 1.82) is 0 Å². The van der Waals surface area contributed by atoms with Gasteiger partial charge in [-0.05, 0) is 30.9 Å². The van der Waals surface area contributed by atoms with Crippen LogP contribution in [0.1, 0.15) is 22.4 Å². The van der Waals surface area contributed by atoms with Gasteiger partial charge >= 0.3 is 0 Å². The third kappa shape index (κ3) is 3.75. The Morgan fingerprint density at radius 2 is 1.48 bits per heavy atom. The number of benzene rings is 2. The number of aryl methyl sites for hydroxylation is 2. The molecule has 2 aromatic carbocycles. The van der Waals surface area contributed by atoms with E-state index < -0.39 is 0 Å². The van der Waals surface area contributed by atoms with Crippen LogP contribution in [-0.2, 0) is 19.4 Å². The van der Waals surface area contributed by atoms with E-state index in [-0.39, 0.29) is 5.56 Å². The molecule has 0 radical (unpaired) electrons. The largest absolute Gasteiger partial charge is 0.295 e. The molecule has 23 heavy (non-hydrogen) atoms. The monoisotopic (exact) mass is 304 g/mol. The normalized spacial score (nSPS) is 10.7. The fourth-order valence-corrected chi connectivity index (χ4v) is 2.68. The van der Waals surface area contributed by atoms with Crippen LogP contribution in [0.25, 0.3) is 0 Å². The molecule has 0 spiro atoms. The van der Waals surface area contributed by atoms with Crippen LogP contribution < -0.4 is 5.56 Å². The molecule has 3 rings (SSSR count). The van der Waals surface area contributed by atoms with E-state index in [0.717, 1.165) is 29.7 Å². The Bertz CT molecular complexity index is 823. The minimum Gasteiger partial charge on any atom is -0.295 e. The second kappa shape index (κ2) is 7.05. The quantitative estimate of drug-likeness (QED) is 0.724. The molecule has 3 heteroatoms. The van der Waals surface area contributed by atoms with Crippen LogP contribution in [0.5, 0.6) is 0 Å². The lowest BCUT2D eigenvalue weighted by Gasteiger charge is -2.10. The van der Waals surface area contributed by atoms with Gasteiger partial charge in [0.05, 0.1) is 18.6 Å². The maximum absolute atomic E-state index is 12.5. The van der Waals surface area contributed by atoms with E-state index in [1.54, 1.807) is 10.9 Å². The summed E-state index contributed by atoms with van der Waals surface area (Å²) in [6.45, 7) is 2.43. The zero-order valence-electron chi connectivity index (χ0n) is 13.3. The molecule has 0 bridgehead atoms. The summed E-state index contributed by atoms with van der Waals surface area (Å²) in [5, 5.41) is 0. The highest BCUT2D eigenvalue weighted by molar-refractivity contribution is 5.21. The number of nitrogens with zero attached hydrogens (tertiary/aromatic N) is 2. The van der Waals surface area contributed by atoms with Gasteiger partial charge in [0.15, 0.2) is 0 Å². The zero-order chi connectivity index (χ0) is 16.1. The Labute approximate surface area is 136 Å². The van der Waals surface area contributed by atoms with Crippen molar-refractivity contribution >= 4 is 0 Å². The molecule has 0 aliphatic rings. The summed E-state index contributed by atoms with van der Waals surface area (Å²) in [6, 6.07) is 20.3. The maximum atomic E-state index is 12.5. The van der Waals surface area contributed by atoms with Gasteiger partial charge in [0.1, 0.15) is 0 Å². The molecule has 0 saturated heterocycles. The lowest BCUT2D eigenvalue weighted by Crippen LogP contribution is -2.25. The molecule has 1 heterocycles. The molecule has 0 amide bonds. The van der Waals surface area contributed by atoms with E-state index in [1.165, 1.54) is 5.56 Å². The molecule has 0 saturated carbocycles. The first-order valence-corrected chi connectivity index (χ1v) is 7.87. The molecule has 3 aromatic rings. The Morgan fingerprint density at radius 3 is 2.13 bits per heavy atom. The van der Waals surface area contributed by atoms with Gasteiger partial charge in [-0.25, -0.2) is 4.98 Å². The van der Waals surface area contributed by atoms with Crippen LogP contribution in [0.3, 0.4) is 0 Å². The van der Waals surface area contributed by atoms with E-state index in [4.69, 9.17) is 0 Å². The number of rotatable bonds is 5. The lowest BCUT2D eigenvalue weighted by atomic mass is 10.1. The van der Waals surface area contributed by atoms with E-state index in [0.29, 0.717) is 6.54 Å². The zero-order valence-corrected chi connectivity index (χ0v) is 13.3. The average molecular weight is 304 g/mol. The van der Waals surface area contributed by atoms with E-state index in [2.05, 4.69) is 17.1 Å². The van der Waals surface area contributed by atoms with Crippen molar-refractivity contribution in [3.63, 3.8) is 0 Å². The van der Waals surface area contributed by atoms with Gasteiger partial charge in [-0.3, -0.25) is 9.36 Å². The summed E-state index contributed by atoms with van der Waals surface area (Å²) >= 11 is 0. The van der Waals surface area contributed by atoms with Crippen LogP contribution >= 0.6 is 0 Å². The first-order chi connectivity index (χ1) is 11.2. The van der Waals surface area contributed by atoms with Gasteiger partial charge in [-0.15, -0.1) is 0 Å². The van der Waals surface area contributed by atoms with Gasteiger partial charge < -0.3 is 0 Å². The molecular weight excluding hydrogens is 284 g/mol. The molecule has 1 aromatic heterocycles. The summed E-state index contributed by atoms with van der Waals surface area (Å²) in [7, 11) is 0. The van der Waals surface area contributed by atoms with Crippen molar-refractivity contribution in [1.82, 2.24) is 9.55 Å². The molecule has 3 nitrogen and oxygen atoms in total. The van der Waals surface area contributed by atoms with Gasteiger partial charge in [-0.2, -0.15) is 0 Å². The number of aromatic nitrogens is 2. The molecule has 116 valence electrons. The maximum Gasteiger partial charge on any atom is 0.256 e. The third-order valence-corrected chi connectivity index (χ3v) is 4.06. The van der Waals surface area contributed by atoms with Crippen LogP contribution in [0.2, 0.25) is 0 Å². The molecule has 0 aliphatic carbocycles. The molecule has 0 aliphatic heterocycles. The highest BCUT2D eigenvalue weighted by Gasteiger charge is 2.08. The summed E-state index contributed by atoms with van der Waals surface area (Å²) in [5.41, 5.74) is 4.06. The molecule has 0 fully saturated rings. The van der Waals surface area contributed by atoms with Crippen molar-refractivity contribution < 1.29 is 0 Å². The second-order valence-electron chi connectivity index (χ2n) is 5.72. The summed E-state index contributed by atoms with van der Waals surface area (Å²) in [5.74, 6) is 0. The predicted molar refractivity (Wildman–Crippen MR) is 92.6 cm³/mol. The predicted octanol–water partition coefficient (Wildman–Crippen LogP) is 3.39. The van der Waals surface area contributed by atoms with Crippen LogP contribution in [0.4, 0.5) is 0 Å². The first-order valence-electron chi connectivity index (χ1n) is 7.87. The summed E-state index contributed by atoms with van der Waals surface area (Å²) < 4.78 is 1.68. The summed E-state index contributed by atoms with van der Waals surface area (Å²) in [6.07, 6.45) is 3.36. The third-order valence-electron chi connectivity index (χ3n) is 4.06.